The third-order valence-corrected chi connectivity index (χ3v) is 3.59. The highest BCUT2D eigenvalue weighted by Crippen LogP contribution is 2.19. The summed E-state index contributed by atoms with van der Waals surface area (Å²) in [6.45, 7) is 1.45. The molecule has 1 N–H and O–H groups in total. The minimum Gasteiger partial charge on any atom is -0.481 e. The zero-order chi connectivity index (χ0) is 14.8. The molecular weight excluding hydrogens is 272 g/mol. The van der Waals surface area contributed by atoms with E-state index in [0.717, 1.165) is 17.1 Å². The number of nitrogens with zero attached hydrogens (tertiary/aromatic N) is 4. The Kier molecular flexibility index (Phi) is 3.47. The largest absolute Gasteiger partial charge is 0.481 e. The molecule has 0 bridgehead atoms. The third kappa shape index (κ3) is 2.67. The minimum atomic E-state index is -0.898. The summed E-state index contributed by atoms with van der Waals surface area (Å²) in [6, 6.07) is 5.63. The van der Waals surface area contributed by atoms with Gasteiger partial charge in [-0.15, -0.1) is 0 Å². The number of ether oxygens (including phenoxy) is 1. The maximum atomic E-state index is 11.0. The molecule has 1 aliphatic rings. The van der Waals surface area contributed by atoms with Crippen LogP contribution in [0.2, 0.25) is 0 Å². The van der Waals surface area contributed by atoms with Crippen LogP contribution in [0.3, 0.4) is 0 Å². The van der Waals surface area contributed by atoms with Crippen LogP contribution in [0.25, 0.3) is 0 Å². The molecule has 2 aromatic rings. The number of pyridine rings is 1. The number of carbonyl (C=O) groups is 1. The summed E-state index contributed by atoms with van der Waals surface area (Å²) in [5.41, 5.74) is 2.79. The van der Waals surface area contributed by atoms with Gasteiger partial charge < -0.3 is 19.3 Å². The summed E-state index contributed by atoms with van der Waals surface area (Å²) in [4.78, 5) is 21.1. The predicted octanol–water partition coefficient (Wildman–Crippen LogP) is 1.37. The van der Waals surface area contributed by atoms with Crippen LogP contribution in [-0.2, 0) is 19.5 Å². The van der Waals surface area contributed by atoms with E-state index in [0.29, 0.717) is 31.9 Å². The van der Waals surface area contributed by atoms with Gasteiger partial charge in [0.2, 0.25) is 5.88 Å². The third-order valence-electron chi connectivity index (χ3n) is 3.59. The summed E-state index contributed by atoms with van der Waals surface area (Å²) >= 11 is 0. The summed E-state index contributed by atoms with van der Waals surface area (Å²) in [5, 5.41) is 9.03. The molecule has 7 nitrogen and oxygen atoms in total. The van der Waals surface area contributed by atoms with Crippen LogP contribution in [0.5, 0.6) is 5.88 Å². The second-order valence-electron chi connectivity index (χ2n) is 4.89. The van der Waals surface area contributed by atoms with Crippen molar-refractivity contribution in [3.8, 4) is 5.88 Å². The molecule has 0 unspecified atom stereocenters. The fourth-order valence-corrected chi connectivity index (χ4v) is 2.50. The highest BCUT2D eigenvalue weighted by Gasteiger charge is 2.23. The SMILES string of the molecule is COc1cccc(Cn2cnc3c2CCN(C(=O)O)C3)n1. The summed E-state index contributed by atoms with van der Waals surface area (Å²) in [6.07, 6.45) is 1.52. The number of amides is 1. The maximum absolute atomic E-state index is 11.0. The first-order valence-electron chi connectivity index (χ1n) is 6.68. The zero-order valence-electron chi connectivity index (χ0n) is 11.7. The molecule has 0 spiro atoms. The molecule has 110 valence electrons. The first-order chi connectivity index (χ1) is 10.2. The smallest absolute Gasteiger partial charge is 0.407 e. The maximum Gasteiger partial charge on any atom is 0.407 e. The van der Waals surface area contributed by atoms with E-state index in [1.807, 2.05) is 16.7 Å². The number of hydrogen-bond donors (Lipinski definition) is 1. The quantitative estimate of drug-likeness (QED) is 0.922. The van der Waals surface area contributed by atoms with Crippen LogP contribution in [0.4, 0.5) is 4.79 Å². The lowest BCUT2D eigenvalue weighted by molar-refractivity contribution is 0.139. The summed E-state index contributed by atoms with van der Waals surface area (Å²) < 4.78 is 7.14. The molecule has 3 rings (SSSR count). The topological polar surface area (TPSA) is 80.5 Å². The molecule has 0 aromatic carbocycles. The standard InChI is InChI=1S/C14H16N4O3/c1-21-13-4-2-3-10(16-13)7-18-9-15-11-8-17(14(19)20)6-5-12(11)18/h2-4,9H,5-8H2,1H3,(H,19,20). The van der Waals surface area contributed by atoms with Crippen LogP contribution in [-0.4, -0.2) is 44.3 Å². The van der Waals surface area contributed by atoms with E-state index in [4.69, 9.17) is 9.84 Å². The van der Waals surface area contributed by atoms with Crippen molar-refractivity contribution >= 4 is 6.09 Å². The number of imidazole rings is 1. The molecule has 3 heterocycles. The highest BCUT2D eigenvalue weighted by atomic mass is 16.5. The van der Waals surface area contributed by atoms with Gasteiger partial charge in [-0.25, -0.2) is 14.8 Å². The molecule has 1 amide bonds. The highest BCUT2D eigenvalue weighted by molar-refractivity contribution is 5.65. The van der Waals surface area contributed by atoms with E-state index in [-0.39, 0.29) is 0 Å². The Morgan fingerprint density at radius 1 is 1.48 bits per heavy atom. The predicted molar refractivity (Wildman–Crippen MR) is 74.3 cm³/mol. The molecule has 0 atom stereocenters. The average molecular weight is 288 g/mol. The summed E-state index contributed by atoms with van der Waals surface area (Å²) in [5.74, 6) is 0.582. The van der Waals surface area contributed by atoms with Gasteiger partial charge in [0.1, 0.15) is 0 Å². The molecule has 0 aliphatic carbocycles. The molecule has 1 aliphatic heterocycles. The number of carboxylic acid groups (broad SMARTS) is 1. The van der Waals surface area contributed by atoms with Crippen molar-refractivity contribution in [2.24, 2.45) is 0 Å². The van der Waals surface area contributed by atoms with E-state index < -0.39 is 6.09 Å². The van der Waals surface area contributed by atoms with Gasteiger partial charge in [-0.3, -0.25) is 0 Å². The van der Waals surface area contributed by atoms with Crippen LogP contribution in [0.15, 0.2) is 24.5 Å². The van der Waals surface area contributed by atoms with Crippen molar-refractivity contribution in [1.82, 2.24) is 19.4 Å². The van der Waals surface area contributed by atoms with E-state index in [1.165, 1.54) is 4.90 Å². The summed E-state index contributed by atoms with van der Waals surface area (Å²) in [7, 11) is 1.59. The number of hydrogen-bond acceptors (Lipinski definition) is 4. The van der Waals surface area contributed by atoms with Gasteiger partial charge in [0.05, 0.1) is 37.9 Å². The number of aromatic nitrogens is 3. The lowest BCUT2D eigenvalue weighted by Crippen LogP contribution is -2.35. The van der Waals surface area contributed by atoms with Crippen LogP contribution < -0.4 is 4.74 Å². The van der Waals surface area contributed by atoms with Crippen molar-refractivity contribution in [3.05, 3.63) is 41.6 Å². The Morgan fingerprint density at radius 3 is 3.10 bits per heavy atom. The van der Waals surface area contributed by atoms with Crippen LogP contribution in [0.1, 0.15) is 17.1 Å². The molecule has 21 heavy (non-hydrogen) atoms. The Balaban J connectivity index is 1.80. The van der Waals surface area contributed by atoms with Gasteiger partial charge in [-0.05, 0) is 6.07 Å². The zero-order valence-corrected chi connectivity index (χ0v) is 11.7. The fraction of sp³-hybridized carbons (Fsp3) is 0.357. The molecule has 0 saturated carbocycles. The van der Waals surface area contributed by atoms with Crippen LogP contribution in [0, 0.1) is 0 Å². The molecule has 0 saturated heterocycles. The molecular formula is C14H16N4O3. The van der Waals surface area contributed by atoms with Crippen LogP contribution >= 0.6 is 0 Å². The van der Waals surface area contributed by atoms with E-state index in [9.17, 15) is 4.79 Å². The normalized spacial score (nSPS) is 13.9. The van der Waals surface area contributed by atoms with Gasteiger partial charge in [0.15, 0.2) is 0 Å². The van der Waals surface area contributed by atoms with Gasteiger partial charge in [-0.1, -0.05) is 6.07 Å². The second kappa shape index (κ2) is 5.43. The molecule has 0 radical (unpaired) electrons. The minimum absolute atomic E-state index is 0.350. The first-order valence-corrected chi connectivity index (χ1v) is 6.68. The van der Waals surface area contributed by atoms with Crippen molar-refractivity contribution < 1.29 is 14.6 Å². The fourth-order valence-electron chi connectivity index (χ4n) is 2.50. The second-order valence-corrected chi connectivity index (χ2v) is 4.89. The van der Waals surface area contributed by atoms with E-state index in [2.05, 4.69) is 9.97 Å². The van der Waals surface area contributed by atoms with Crippen molar-refractivity contribution in [2.75, 3.05) is 13.7 Å². The van der Waals surface area contributed by atoms with Gasteiger partial charge in [0.25, 0.3) is 0 Å². The number of methoxy groups -OCH3 is 1. The molecule has 2 aromatic heterocycles. The van der Waals surface area contributed by atoms with Gasteiger partial charge in [0, 0.05) is 24.7 Å². The Hall–Kier alpha value is -2.57. The Morgan fingerprint density at radius 2 is 2.33 bits per heavy atom. The van der Waals surface area contributed by atoms with Crippen molar-refractivity contribution in [1.29, 1.82) is 0 Å². The lowest BCUT2D eigenvalue weighted by atomic mass is 10.1. The Labute approximate surface area is 121 Å². The van der Waals surface area contributed by atoms with Crippen molar-refractivity contribution in [2.45, 2.75) is 19.5 Å². The van der Waals surface area contributed by atoms with E-state index in [1.54, 1.807) is 19.5 Å². The van der Waals surface area contributed by atoms with Gasteiger partial charge >= 0.3 is 6.09 Å². The van der Waals surface area contributed by atoms with Gasteiger partial charge in [-0.2, -0.15) is 0 Å². The number of fused-ring (bicyclic) bond motifs is 1. The Bertz CT molecular complexity index is 668. The average Bonchev–Trinajstić information content (AvgIpc) is 2.90. The first kappa shape index (κ1) is 13.4. The monoisotopic (exact) mass is 288 g/mol. The van der Waals surface area contributed by atoms with E-state index >= 15 is 0 Å². The molecule has 7 heteroatoms. The van der Waals surface area contributed by atoms with Crippen molar-refractivity contribution in [3.63, 3.8) is 0 Å². The number of rotatable bonds is 3. The molecule has 0 fully saturated rings. The lowest BCUT2D eigenvalue weighted by Gasteiger charge is -2.24.